The van der Waals surface area contributed by atoms with Crippen LogP contribution in [0.4, 0.5) is 0 Å². The van der Waals surface area contributed by atoms with E-state index >= 15 is 0 Å². The van der Waals surface area contributed by atoms with Crippen molar-refractivity contribution in [3.05, 3.63) is 58.7 Å². The number of phenolic OH excluding ortho intramolecular Hbond substituents is 1. The van der Waals surface area contributed by atoms with Gasteiger partial charge in [0.15, 0.2) is 0 Å². The van der Waals surface area contributed by atoms with Crippen LogP contribution in [0.15, 0.2) is 53.1 Å². The Morgan fingerprint density at radius 1 is 0.974 bits per heavy atom. The van der Waals surface area contributed by atoms with Crippen molar-refractivity contribution in [2.75, 3.05) is 13.2 Å². The van der Waals surface area contributed by atoms with Crippen LogP contribution >= 0.6 is 0 Å². The molecular formula is C33H41NO4. The topological polar surface area (TPSA) is 66.8 Å². The molecule has 2 aliphatic heterocycles. The van der Waals surface area contributed by atoms with Crippen molar-refractivity contribution in [1.82, 2.24) is 4.90 Å². The van der Waals surface area contributed by atoms with Gasteiger partial charge in [0.2, 0.25) is 11.8 Å². The summed E-state index contributed by atoms with van der Waals surface area (Å²) >= 11 is 0. The second-order valence-corrected chi connectivity index (χ2v) is 11.2. The van der Waals surface area contributed by atoms with E-state index in [9.17, 15) is 14.7 Å². The molecule has 2 heterocycles. The Bertz CT molecular complexity index is 1270. The van der Waals surface area contributed by atoms with Gasteiger partial charge in [-0.15, -0.1) is 0 Å². The zero-order valence-electron chi connectivity index (χ0n) is 23.0. The lowest BCUT2D eigenvalue weighted by Crippen LogP contribution is -2.34. The lowest BCUT2D eigenvalue weighted by Gasteiger charge is -2.32. The molecule has 38 heavy (non-hydrogen) atoms. The number of phenols is 1. The molecule has 0 radical (unpaired) electrons. The molecular weight excluding hydrogens is 474 g/mol. The Labute approximate surface area is 226 Å². The Kier molecular flexibility index (Phi) is 8.04. The van der Waals surface area contributed by atoms with E-state index in [0.29, 0.717) is 25.3 Å². The second kappa shape index (κ2) is 11.4. The first kappa shape index (κ1) is 26.7. The van der Waals surface area contributed by atoms with Crippen molar-refractivity contribution in [2.24, 2.45) is 17.8 Å². The number of hydrogen-bond donors (Lipinski definition) is 1. The van der Waals surface area contributed by atoms with Gasteiger partial charge in [-0.25, -0.2) is 0 Å². The zero-order valence-corrected chi connectivity index (χ0v) is 23.0. The number of rotatable bonds is 10. The number of benzene rings is 2. The predicted octanol–water partition coefficient (Wildman–Crippen LogP) is 7.04. The van der Waals surface area contributed by atoms with Crippen molar-refractivity contribution in [3.8, 4) is 5.75 Å². The van der Waals surface area contributed by atoms with Gasteiger partial charge in [0.1, 0.15) is 5.75 Å². The molecule has 0 aromatic heterocycles. The largest absolute Gasteiger partial charge is 0.507 e. The van der Waals surface area contributed by atoms with E-state index in [1.807, 2.05) is 31.2 Å². The van der Waals surface area contributed by atoms with Crippen LogP contribution in [-0.4, -0.2) is 41.1 Å². The minimum Gasteiger partial charge on any atom is -0.507 e. The first-order valence-corrected chi connectivity index (χ1v) is 14.6. The highest BCUT2D eigenvalue weighted by molar-refractivity contribution is 6.06. The third kappa shape index (κ3) is 4.82. The van der Waals surface area contributed by atoms with Crippen LogP contribution in [0.2, 0.25) is 0 Å². The molecule has 3 aliphatic rings. The summed E-state index contributed by atoms with van der Waals surface area (Å²) in [5.74, 6) is -0.0438. The summed E-state index contributed by atoms with van der Waals surface area (Å²) in [5, 5.41) is 12.2. The van der Waals surface area contributed by atoms with Gasteiger partial charge >= 0.3 is 0 Å². The maximum atomic E-state index is 13.3. The van der Waals surface area contributed by atoms with E-state index in [1.54, 1.807) is 6.07 Å². The Balaban J connectivity index is 1.40. The number of amides is 2. The van der Waals surface area contributed by atoms with E-state index in [4.69, 9.17) is 4.74 Å². The van der Waals surface area contributed by atoms with Crippen molar-refractivity contribution in [1.29, 1.82) is 0 Å². The molecule has 5 nitrogen and oxygen atoms in total. The number of allylic oxidation sites excluding steroid dienone is 2. The molecule has 5 heteroatoms. The standard InChI is InChI=1S/C33H41NO4/c1-4-9-21(18-22-14-15-28(35)25-12-8-7-11-24(22)25)13-16-29-30-23(10-5-2)19-26-31(27(30)20-38-29)33(37)34(17-6-3)32(26)36/h7-8,11-12,14-15,18,26-27,29,31,35H,4-6,9-10,13,16-17,19-20H2,1-3H3/b21-18+/t26-,27+,29-,31-/m1/s1. The van der Waals surface area contributed by atoms with E-state index in [-0.39, 0.29) is 35.7 Å². The summed E-state index contributed by atoms with van der Waals surface area (Å²) in [5.41, 5.74) is 5.21. The highest BCUT2D eigenvalue weighted by Crippen LogP contribution is 2.50. The average Bonchev–Trinajstić information content (AvgIpc) is 3.44. The quantitative estimate of drug-likeness (QED) is 0.272. The van der Waals surface area contributed by atoms with Crippen molar-refractivity contribution in [2.45, 2.75) is 78.2 Å². The molecule has 2 aromatic carbocycles. The fourth-order valence-electron chi connectivity index (χ4n) is 7.08. The molecule has 0 bridgehead atoms. The van der Waals surface area contributed by atoms with E-state index < -0.39 is 0 Å². The molecule has 2 aromatic rings. The summed E-state index contributed by atoms with van der Waals surface area (Å²) in [6.07, 6.45) is 9.71. The van der Waals surface area contributed by atoms with Crippen molar-refractivity contribution in [3.63, 3.8) is 0 Å². The molecule has 2 saturated heterocycles. The molecule has 1 aliphatic carbocycles. The van der Waals surface area contributed by atoms with Crippen LogP contribution < -0.4 is 0 Å². The molecule has 202 valence electrons. The number of carbonyl (C=O) groups excluding carboxylic acids is 2. The van der Waals surface area contributed by atoms with Gasteiger partial charge in [-0.1, -0.05) is 81.2 Å². The summed E-state index contributed by atoms with van der Waals surface area (Å²) in [6.45, 7) is 7.49. The number of fused-ring (bicyclic) bond motifs is 4. The van der Waals surface area contributed by atoms with Crippen LogP contribution in [0.1, 0.15) is 77.7 Å². The smallest absolute Gasteiger partial charge is 0.233 e. The highest BCUT2D eigenvalue weighted by atomic mass is 16.5. The SMILES string of the molecule is CCCC1=C2[C@@H](CC/C(=C/c3ccc(O)c4ccccc34)CCC)OC[C@@H]2[C@@H]2C(=O)N(CCC)C(=O)[C@@H]2C1. The van der Waals surface area contributed by atoms with Crippen LogP contribution in [0.25, 0.3) is 16.8 Å². The molecule has 2 fully saturated rings. The number of ether oxygens (including phenoxy) is 1. The number of carbonyl (C=O) groups is 2. The average molecular weight is 516 g/mol. The van der Waals surface area contributed by atoms with Gasteiger partial charge in [0.05, 0.1) is 24.5 Å². The minimum atomic E-state index is -0.247. The number of nitrogens with zero attached hydrogens (tertiary/aromatic N) is 1. The number of likely N-dealkylation sites (tertiary alicyclic amines) is 1. The first-order chi connectivity index (χ1) is 18.5. The Morgan fingerprint density at radius 2 is 1.76 bits per heavy atom. The van der Waals surface area contributed by atoms with Crippen molar-refractivity contribution >= 4 is 28.7 Å². The van der Waals surface area contributed by atoms with E-state index in [0.717, 1.165) is 61.3 Å². The maximum absolute atomic E-state index is 13.3. The van der Waals surface area contributed by atoms with Gasteiger partial charge in [-0.2, -0.15) is 0 Å². The molecule has 5 rings (SSSR count). The molecule has 0 unspecified atom stereocenters. The summed E-state index contributed by atoms with van der Waals surface area (Å²) in [6, 6.07) is 11.8. The molecule has 2 amide bonds. The number of imide groups is 1. The fourth-order valence-corrected chi connectivity index (χ4v) is 7.08. The number of aromatic hydroxyl groups is 1. The Hall–Kier alpha value is -2.92. The minimum absolute atomic E-state index is 0.0162. The zero-order chi connectivity index (χ0) is 26.8. The normalized spacial score (nSPS) is 25.4. The summed E-state index contributed by atoms with van der Waals surface area (Å²) in [4.78, 5) is 28.0. The Morgan fingerprint density at radius 3 is 2.50 bits per heavy atom. The monoisotopic (exact) mass is 515 g/mol. The lowest BCUT2D eigenvalue weighted by molar-refractivity contribution is -0.140. The van der Waals surface area contributed by atoms with Crippen molar-refractivity contribution < 1.29 is 19.4 Å². The van der Waals surface area contributed by atoms with Crippen LogP contribution in [0.5, 0.6) is 5.75 Å². The molecule has 0 spiro atoms. The van der Waals surface area contributed by atoms with Gasteiger partial charge in [0.25, 0.3) is 0 Å². The third-order valence-corrected chi connectivity index (χ3v) is 8.69. The highest BCUT2D eigenvalue weighted by Gasteiger charge is 2.56. The molecule has 0 saturated carbocycles. The molecule has 1 N–H and O–H groups in total. The van der Waals surface area contributed by atoms with Gasteiger partial charge in [-0.3, -0.25) is 14.5 Å². The second-order valence-electron chi connectivity index (χ2n) is 11.2. The van der Waals surface area contributed by atoms with Gasteiger partial charge in [0, 0.05) is 17.8 Å². The van der Waals surface area contributed by atoms with Crippen LogP contribution in [0, 0.1) is 17.8 Å². The van der Waals surface area contributed by atoms with Crippen LogP contribution in [-0.2, 0) is 14.3 Å². The number of hydrogen-bond acceptors (Lipinski definition) is 4. The summed E-state index contributed by atoms with van der Waals surface area (Å²) in [7, 11) is 0. The van der Waals surface area contributed by atoms with E-state index in [1.165, 1.54) is 21.6 Å². The third-order valence-electron chi connectivity index (χ3n) is 8.69. The van der Waals surface area contributed by atoms with E-state index in [2.05, 4.69) is 26.0 Å². The predicted molar refractivity (Wildman–Crippen MR) is 152 cm³/mol. The summed E-state index contributed by atoms with van der Waals surface area (Å²) < 4.78 is 6.43. The molecule has 4 atom stereocenters. The van der Waals surface area contributed by atoms with Gasteiger partial charge < -0.3 is 9.84 Å². The first-order valence-electron chi connectivity index (χ1n) is 14.6. The van der Waals surface area contributed by atoms with Crippen LogP contribution in [0.3, 0.4) is 0 Å². The van der Waals surface area contributed by atoms with Gasteiger partial charge in [-0.05, 0) is 61.1 Å². The fraction of sp³-hybridized carbons (Fsp3) is 0.515. The maximum Gasteiger partial charge on any atom is 0.233 e. The lowest BCUT2D eigenvalue weighted by atomic mass is 9.68.